The summed E-state index contributed by atoms with van der Waals surface area (Å²) in [5.74, 6) is 1.52. The summed E-state index contributed by atoms with van der Waals surface area (Å²) in [5.41, 5.74) is 2.91. The third kappa shape index (κ3) is 2.46. The number of anilines is 1. The zero-order chi connectivity index (χ0) is 10.7. The van der Waals surface area contributed by atoms with Crippen LogP contribution >= 0.6 is 11.6 Å². The van der Waals surface area contributed by atoms with Gasteiger partial charge < -0.3 is 4.90 Å². The molecular weight excluding hydrogens is 206 g/mol. The van der Waals surface area contributed by atoms with Crippen molar-refractivity contribution in [2.24, 2.45) is 5.92 Å². The van der Waals surface area contributed by atoms with E-state index >= 15 is 0 Å². The lowest BCUT2D eigenvalue weighted by Gasteiger charge is -2.34. The fraction of sp³-hybridized carbons (Fsp3) is 0.538. The molecule has 0 amide bonds. The molecule has 0 radical (unpaired) electrons. The van der Waals surface area contributed by atoms with Crippen LogP contribution in [0.15, 0.2) is 24.3 Å². The minimum absolute atomic E-state index is 0.757. The number of hydrogen-bond acceptors (Lipinski definition) is 1. The Morgan fingerprint density at radius 1 is 1.40 bits per heavy atom. The van der Waals surface area contributed by atoms with Crippen molar-refractivity contribution < 1.29 is 0 Å². The third-order valence-electron chi connectivity index (χ3n) is 2.99. The number of benzene rings is 1. The quantitative estimate of drug-likeness (QED) is 0.711. The van der Waals surface area contributed by atoms with Crippen molar-refractivity contribution in [3.05, 3.63) is 29.8 Å². The van der Waals surface area contributed by atoms with Crippen molar-refractivity contribution in [2.45, 2.75) is 19.8 Å². The highest BCUT2D eigenvalue weighted by atomic mass is 35.5. The van der Waals surface area contributed by atoms with Crippen LogP contribution in [0.1, 0.15) is 18.9 Å². The first-order valence-electron chi connectivity index (χ1n) is 5.70. The molecule has 0 aliphatic carbocycles. The molecule has 1 aromatic carbocycles. The molecule has 1 unspecified atom stereocenters. The Morgan fingerprint density at radius 3 is 3.00 bits per heavy atom. The van der Waals surface area contributed by atoms with Crippen LogP contribution in [0.4, 0.5) is 5.69 Å². The zero-order valence-electron chi connectivity index (χ0n) is 9.25. The average Bonchev–Trinajstić information content (AvgIpc) is 2.25. The number of nitrogens with zero attached hydrogens (tertiary/aromatic N) is 1. The second kappa shape index (κ2) is 4.89. The molecule has 0 bridgehead atoms. The first kappa shape index (κ1) is 10.8. The second-order valence-electron chi connectivity index (χ2n) is 4.43. The van der Waals surface area contributed by atoms with Gasteiger partial charge in [-0.3, -0.25) is 0 Å². The van der Waals surface area contributed by atoms with Crippen LogP contribution < -0.4 is 4.90 Å². The molecule has 0 fully saturated rings. The topological polar surface area (TPSA) is 3.24 Å². The number of para-hydroxylation sites is 1. The highest BCUT2D eigenvalue weighted by Gasteiger charge is 2.20. The van der Waals surface area contributed by atoms with Crippen LogP contribution in [-0.4, -0.2) is 19.0 Å². The summed E-state index contributed by atoms with van der Waals surface area (Å²) in [5, 5.41) is 0. The predicted octanol–water partition coefficient (Wildman–Crippen LogP) is 3.31. The smallest absolute Gasteiger partial charge is 0.0398 e. The molecule has 0 saturated carbocycles. The summed E-state index contributed by atoms with van der Waals surface area (Å²) >= 11 is 5.76. The average molecular weight is 224 g/mol. The second-order valence-corrected chi connectivity index (χ2v) is 4.80. The van der Waals surface area contributed by atoms with Gasteiger partial charge in [-0.1, -0.05) is 25.1 Å². The highest BCUT2D eigenvalue weighted by molar-refractivity contribution is 6.17. The van der Waals surface area contributed by atoms with E-state index in [-0.39, 0.29) is 0 Å². The summed E-state index contributed by atoms with van der Waals surface area (Å²) in [6.45, 7) is 4.59. The van der Waals surface area contributed by atoms with E-state index < -0.39 is 0 Å². The molecule has 1 aromatic rings. The Morgan fingerprint density at radius 2 is 2.20 bits per heavy atom. The molecule has 0 spiro atoms. The molecule has 1 atom stereocenters. The van der Waals surface area contributed by atoms with E-state index in [2.05, 4.69) is 36.1 Å². The van der Waals surface area contributed by atoms with Crippen LogP contribution in [0.25, 0.3) is 0 Å². The predicted molar refractivity (Wildman–Crippen MR) is 66.9 cm³/mol. The molecular formula is C13H18ClN. The lowest BCUT2D eigenvalue weighted by molar-refractivity contribution is 0.530. The van der Waals surface area contributed by atoms with Gasteiger partial charge in [0.05, 0.1) is 0 Å². The van der Waals surface area contributed by atoms with Gasteiger partial charge in [-0.05, 0) is 30.4 Å². The van der Waals surface area contributed by atoms with E-state index in [4.69, 9.17) is 11.6 Å². The summed E-state index contributed by atoms with van der Waals surface area (Å²) in [6.07, 6.45) is 2.29. The Hall–Kier alpha value is -0.690. The maximum absolute atomic E-state index is 5.76. The van der Waals surface area contributed by atoms with Gasteiger partial charge >= 0.3 is 0 Å². The SMILES string of the molecule is CC1Cc2ccccc2N(CCCCl)C1. The molecule has 82 valence electrons. The minimum Gasteiger partial charge on any atom is -0.371 e. The molecule has 0 aromatic heterocycles. The van der Waals surface area contributed by atoms with Crippen LogP contribution in [0, 0.1) is 5.92 Å². The van der Waals surface area contributed by atoms with E-state index in [0.717, 1.165) is 24.8 Å². The molecule has 1 nitrogen and oxygen atoms in total. The van der Waals surface area contributed by atoms with Crippen molar-refractivity contribution >= 4 is 17.3 Å². The number of fused-ring (bicyclic) bond motifs is 1. The van der Waals surface area contributed by atoms with Crippen LogP contribution in [0.5, 0.6) is 0 Å². The van der Waals surface area contributed by atoms with Gasteiger partial charge in [-0.2, -0.15) is 0 Å². The fourth-order valence-corrected chi connectivity index (χ4v) is 2.49. The van der Waals surface area contributed by atoms with Crippen molar-refractivity contribution in [1.82, 2.24) is 0 Å². The van der Waals surface area contributed by atoms with E-state index in [1.165, 1.54) is 24.2 Å². The first-order chi connectivity index (χ1) is 7.31. The maximum atomic E-state index is 5.76. The summed E-state index contributed by atoms with van der Waals surface area (Å²) in [4.78, 5) is 2.48. The van der Waals surface area contributed by atoms with Crippen molar-refractivity contribution in [3.63, 3.8) is 0 Å². The molecule has 1 aliphatic heterocycles. The van der Waals surface area contributed by atoms with Crippen LogP contribution in [-0.2, 0) is 6.42 Å². The summed E-state index contributed by atoms with van der Waals surface area (Å²) in [6, 6.07) is 8.74. The standard InChI is InChI=1S/C13H18ClN/c1-11-9-12-5-2-3-6-13(12)15(10-11)8-4-7-14/h2-3,5-6,11H,4,7-10H2,1H3. The number of hydrogen-bond donors (Lipinski definition) is 0. The maximum Gasteiger partial charge on any atom is 0.0398 e. The monoisotopic (exact) mass is 223 g/mol. The van der Waals surface area contributed by atoms with E-state index in [1.807, 2.05) is 0 Å². The largest absolute Gasteiger partial charge is 0.371 e. The van der Waals surface area contributed by atoms with Crippen LogP contribution in [0.3, 0.4) is 0 Å². The lowest BCUT2D eigenvalue weighted by Crippen LogP contribution is -2.35. The normalized spacial score (nSPS) is 20.1. The molecule has 15 heavy (non-hydrogen) atoms. The van der Waals surface area contributed by atoms with Gasteiger partial charge in [0.2, 0.25) is 0 Å². The highest BCUT2D eigenvalue weighted by Crippen LogP contribution is 2.29. The Bertz CT molecular complexity index is 324. The number of alkyl halides is 1. The number of halogens is 1. The van der Waals surface area contributed by atoms with E-state index in [1.54, 1.807) is 0 Å². The minimum atomic E-state index is 0.757. The zero-order valence-corrected chi connectivity index (χ0v) is 10.0. The Kier molecular flexibility index (Phi) is 3.53. The number of rotatable bonds is 3. The molecule has 1 aliphatic rings. The Balaban J connectivity index is 2.18. The van der Waals surface area contributed by atoms with Crippen LogP contribution in [0.2, 0.25) is 0 Å². The van der Waals surface area contributed by atoms with Crippen molar-refractivity contribution in [1.29, 1.82) is 0 Å². The van der Waals surface area contributed by atoms with E-state index in [9.17, 15) is 0 Å². The van der Waals surface area contributed by atoms with E-state index in [0.29, 0.717) is 0 Å². The van der Waals surface area contributed by atoms with Gasteiger partial charge in [-0.25, -0.2) is 0 Å². The molecule has 1 heterocycles. The van der Waals surface area contributed by atoms with Crippen molar-refractivity contribution in [2.75, 3.05) is 23.9 Å². The molecule has 2 rings (SSSR count). The van der Waals surface area contributed by atoms with Crippen molar-refractivity contribution in [3.8, 4) is 0 Å². The first-order valence-corrected chi connectivity index (χ1v) is 6.23. The Labute approximate surface area is 97.0 Å². The summed E-state index contributed by atoms with van der Waals surface area (Å²) < 4.78 is 0. The molecule has 0 N–H and O–H groups in total. The summed E-state index contributed by atoms with van der Waals surface area (Å²) in [7, 11) is 0. The lowest BCUT2D eigenvalue weighted by atomic mass is 9.94. The third-order valence-corrected chi connectivity index (χ3v) is 3.26. The molecule has 2 heteroatoms. The molecule has 0 saturated heterocycles. The van der Waals surface area contributed by atoms with Gasteiger partial charge in [0.15, 0.2) is 0 Å². The van der Waals surface area contributed by atoms with Gasteiger partial charge in [0.25, 0.3) is 0 Å². The fourth-order valence-electron chi connectivity index (χ4n) is 2.37. The van der Waals surface area contributed by atoms with Gasteiger partial charge in [-0.15, -0.1) is 11.6 Å². The van der Waals surface area contributed by atoms with Gasteiger partial charge in [0.1, 0.15) is 0 Å². The van der Waals surface area contributed by atoms with Gasteiger partial charge in [0, 0.05) is 24.7 Å².